The van der Waals surface area contributed by atoms with E-state index in [4.69, 9.17) is 5.73 Å². The largest absolute Gasteiger partial charge is 0.328 e. The highest BCUT2D eigenvalue weighted by Gasteiger charge is 2.17. The monoisotopic (exact) mass is 209 g/mol. The molecule has 0 aliphatic heterocycles. The van der Waals surface area contributed by atoms with Gasteiger partial charge in [0.15, 0.2) is 0 Å². The first-order chi connectivity index (χ1) is 7.13. The number of nitrogens with two attached hydrogens (primary N) is 1. The van der Waals surface area contributed by atoms with Gasteiger partial charge in [-0.2, -0.15) is 5.10 Å². The van der Waals surface area contributed by atoms with Gasteiger partial charge in [-0.15, -0.1) is 0 Å². The van der Waals surface area contributed by atoms with E-state index in [1.165, 1.54) is 11.4 Å². The van der Waals surface area contributed by atoms with Gasteiger partial charge in [0.1, 0.15) is 0 Å². The molecule has 1 rings (SSSR count). The van der Waals surface area contributed by atoms with Gasteiger partial charge in [-0.25, -0.2) is 0 Å². The zero-order chi connectivity index (χ0) is 11.4. The Morgan fingerprint density at radius 3 is 2.40 bits per heavy atom. The fraction of sp³-hybridized carbons (Fsp3) is 0.750. The molecule has 1 aromatic rings. The highest BCUT2D eigenvalue weighted by atomic mass is 15.3. The molecule has 1 heterocycles. The van der Waals surface area contributed by atoms with Gasteiger partial charge in [0.05, 0.1) is 11.7 Å². The molecule has 0 saturated carbocycles. The lowest BCUT2D eigenvalue weighted by Gasteiger charge is -2.21. The normalized spacial score (nSPS) is 13.5. The van der Waals surface area contributed by atoms with Crippen LogP contribution in [0.4, 0.5) is 0 Å². The quantitative estimate of drug-likeness (QED) is 0.807. The molecule has 0 aliphatic rings. The standard InChI is InChI=1S/C12H23N3/c1-5-10-7-11(6-2)15(14-10)12(8-13)9(3)4/h7,9,12H,5-6,8,13H2,1-4H3. The number of aromatic nitrogens is 2. The van der Waals surface area contributed by atoms with Crippen molar-refractivity contribution in [3.63, 3.8) is 0 Å². The Balaban J connectivity index is 3.04. The van der Waals surface area contributed by atoms with Crippen LogP contribution in [0.25, 0.3) is 0 Å². The summed E-state index contributed by atoms with van der Waals surface area (Å²) in [5.74, 6) is 0.532. The Hall–Kier alpha value is -0.830. The van der Waals surface area contributed by atoms with Crippen LogP contribution in [0.1, 0.15) is 45.1 Å². The van der Waals surface area contributed by atoms with Crippen molar-refractivity contribution in [3.05, 3.63) is 17.5 Å². The van der Waals surface area contributed by atoms with Crippen LogP contribution in [-0.4, -0.2) is 16.3 Å². The molecule has 0 amide bonds. The number of aryl methyl sites for hydroxylation is 2. The smallest absolute Gasteiger partial charge is 0.0667 e. The van der Waals surface area contributed by atoms with E-state index in [0.717, 1.165) is 12.8 Å². The van der Waals surface area contributed by atoms with E-state index in [1.807, 2.05) is 0 Å². The third kappa shape index (κ3) is 2.59. The van der Waals surface area contributed by atoms with Crippen molar-refractivity contribution in [2.45, 2.75) is 46.6 Å². The number of nitrogens with zero attached hydrogens (tertiary/aromatic N) is 2. The molecule has 1 unspecified atom stereocenters. The predicted octanol–water partition coefficient (Wildman–Crippen LogP) is 2.16. The molecule has 1 aromatic heterocycles. The Bertz CT molecular complexity index is 302. The molecule has 0 aromatic carbocycles. The van der Waals surface area contributed by atoms with Gasteiger partial charge in [-0.3, -0.25) is 4.68 Å². The van der Waals surface area contributed by atoms with Crippen LogP contribution >= 0.6 is 0 Å². The highest BCUT2D eigenvalue weighted by molar-refractivity contribution is 5.11. The van der Waals surface area contributed by atoms with E-state index < -0.39 is 0 Å². The van der Waals surface area contributed by atoms with Crippen molar-refractivity contribution in [2.75, 3.05) is 6.54 Å². The molecule has 3 nitrogen and oxygen atoms in total. The number of rotatable bonds is 5. The Morgan fingerprint density at radius 2 is 2.00 bits per heavy atom. The van der Waals surface area contributed by atoms with Gasteiger partial charge in [0, 0.05) is 12.2 Å². The summed E-state index contributed by atoms with van der Waals surface area (Å²) in [5.41, 5.74) is 8.29. The molecule has 1 atom stereocenters. The van der Waals surface area contributed by atoms with Crippen molar-refractivity contribution in [1.82, 2.24) is 9.78 Å². The van der Waals surface area contributed by atoms with Crippen molar-refractivity contribution >= 4 is 0 Å². The molecule has 0 aliphatic carbocycles. The summed E-state index contributed by atoms with van der Waals surface area (Å²) in [6.45, 7) is 9.36. The zero-order valence-electron chi connectivity index (χ0n) is 10.3. The van der Waals surface area contributed by atoms with Crippen LogP contribution in [0.15, 0.2) is 6.07 Å². The van der Waals surface area contributed by atoms with Gasteiger partial charge in [-0.1, -0.05) is 27.7 Å². The van der Waals surface area contributed by atoms with E-state index >= 15 is 0 Å². The lowest BCUT2D eigenvalue weighted by atomic mass is 10.0. The number of hydrogen-bond acceptors (Lipinski definition) is 2. The minimum atomic E-state index is 0.334. The van der Waals surface area contributed by atoms with Crippen molar-refractivity contribution < 1.29 is 0 Å². The zero-order valence-corrected chi connectivity index (χ0v) is 10.3. The minimum absolute atomic E-state index is 0.334. The predicted molar refractivity (Wildman–Crippen MR) is 63.9 cm³/mol. The van der Waals surface area contributed by atoms with Gasteiger partial charge in [0.25, 0.3) is 0 Å². The van der Waals surface area contributed by atoms with Crippen LogP contribution in [-0.2, 0) is 12.8 Å². The molecule has 0 bridgehead atoms. The lowest BCUT2D eigenvalue weighted by Crippen LogP contribution is -2.26. The third-order valence-corrected chi connectivity index (χ3v) is 2.91. The van der Waals surface area contributed by atoms with Crippen LogP contribution in [0.5, 0.6) is 0 Å². The van der Waals surface area contributed by atoms with Gasteiger partial charge in [0.2, 0.25) is 0 Å². The first-order valence-corrected chi connectivity index (χ1v) is 5.91. The van der Waals surface area contributed by atoms with Gasteiger partial charge in [-0.05, 0) is 24.8 Å². The fourth-order valence-electron chi connectivity index (χ4n) is 1.87. The lowest BCUT2D eigenvalue weighted by molar-refractivity contribution is 0.344. The summed E-state index contributed by atoms with van der Waals surface area (Å²) in [5, 5.41) is 4.63. The molecule has 0 fully saturated rings. The Morgan fingerprint density at radius 1 is 1.33 bits per heavy atom. The SMILES string of the molecule is CCc1cc(CC)n(C(CN)C(C)C)n1. The van der Waals surface area contributed by atoms with Crippen LogP contribution in [0, 0.1) is 5.92 Å². The molecule has 0 saturated heterocycles. The maximum absolute atomic E-state index is 5.82. The van der Waals surface area contributed by atoms with E-state index in [-0.39, 0.29) is 0 Å². The summed E-state index contributed by atoms with van der Waals surface area (Å²) >= 11 is 0. The van der Waals surface area contributed by atoms with Crippen LogP contribution in [0.2, 0.25) is 0 Å². The second-order valence-corrected chi connectivity index (χ2v) is 4.33. The molecule has 3 heteroatoms. The molecule has 15 heavy (non-hydrogen) atoms. The molecule has 0 spiro atoms. The van der Waals surface area contributed by atoms with Gasteiger partial charge < -0.3 is 5.73 Å². The summed E-state index contributed by atoms with van der Waals surface area (Å²) < 4.78 is 2.13. The van der Waals surface area contributed by atoms with E-state index in [1.54, 1.807) is 0 Å². The molecular formula is C12H23N3. The first-order valence-electron chi connectivity index (χ1n) is 5.91. The minimum Gasteiger partial charge on any atom is -0.328 e. The van der Waals surface area contributed by atoms with E-state index in [0.29, 0.717) is 18.5 Å². The Labute approximate surface area is 92.7 Å². The number of hydrogen-bond donors (Lipinski definition) is 1. The highest BCUT2D eigenvalue weighted by Crippen LogP contribution is 2.19. The fourth-order valence-corrected chi connectivity index (χ4v) is 1.87. The maximum Gasteiger partial charge on any atom is 0.0667 e. The maximum atomic E-state index is 5.82. The van der Waals surface area contributed by atoms with Crippen LogP contribution < -0.4 is 5.73 Å². The molecule has 2 N–H and O–H groups in total. The summed E-state index contributed by atoms with van der Waals surface area (Å²) in [6.07, 6.45) is 2.02. The summed E-state index contributed by atoms with van der Waals surface area (Å²) in [6, 6.07) is 2.53. The van der Waals surface area contributed by atoms with Crippen molar-refractivity contribution in [1.29, 1.82) is 0 Å². The molecule has 86 valence electrons. The summed E-state index contributed by atoms with van der Waals surface area (Å²) in [4.78, 5) is 0. The Kier molecular flexibility index (Phi) is 4.33. The second kappa shape index (κ2) is 5.31. The van der Waals surface area contributed by atoms with Gasteiger partial charge >= 0.3 is 0 Å². The topological polar surface area (TPSA) is 43.8 Å². The van der Waals surface area contributed by atoms with Crippen LogP contribution in [0.3, 0.4) is 0 Å². The average Bonchev–Trinajstić information content (AvgIpc) is 2.61. The second-order valence-electron chi connectivity index (χ2n) is 4.33. The third-order valence-electron chi connectivity index (χ3n) is 2.91. The molecular weight excluding hydrogens is 186 g/mol. The van der Waals surface area contributed by atoms with Crippen molar-refractivity contribution in [2.24, 2.45) is 11.7 Å². The molecule has 0 radical (unpaired) electrons. The van der Waals surface area contributed by atoms with Crippen molar-refractivity contribution in [3.8, 4) is 0 Å². The first kappa shape index (κ1) is 12.2. The summed E-state index contributed by atoms with van der Waals surface area (Å²) in [7, 11) is 0. The van der Waals surface area contributed by atoms with E-state index in [9.17, 15) is 0 Å². The average molecular weight is 209 g/mol. The van der Waals surface area contributed by atoms with E-state index in [2.05, 4.69) is 43.5 Å².